The fraction of sp³-hybridized carbons (Fsp3) is 0.308. The van der Waals surface area contributed by atoms with Gasteiger partial charge in [-0.15, -0.1) is 0 Å². The van der Waals surface area contributed by atoms with Gasteiger partial charge >= 0.3 is 0 Å². The third-order valence-electron chi connectivity index (χ3n) is 2.77. The maximum atomic E-state index is 10.4. The van der Waals surface area contributed by atoms with E-state index in [4.69, 9.17) is 17.3 Å². The van der Waals surface area contributed by atoms with Crippen LogP contribution in [-0.2, 0) is 5.41 Å². The molecule has 0 saturated heterocycles. The molecule has 0 radical (unpaired) electrons. The van der Waals surface area contributed by atoms with Crippen LogP contribution < -0.4 is 5.73 Å². The van der Waals surface area contributed by atoms with E-state index in [0.717, 1.165) is 5.56 Å². The molecular formula is C13H16ClN3O. The topological polar surface area (TPSA) is 74.9 Å². The molecule has 2 aromatic rings. The van der Waals surface area contributed by atoms with Crippen molar-refractivity contribution in [2.24, 2.45) is 0 Å². The average molecular weight is 266 g/mol. The van der Waals surface area contributed by atoms with Gasteiger partial charge in [0.05, 0.1) is 5.69 Å². The normalized spacial score (nSPS) is 11.8. The van der Waals surface area contributed by atoms with E-state index in [1.54, 1.807) is 18.2 Å². The Kier molecular flexibility index (Phi) is 2.99. The van der Waals surface area contributed by atoms with Crippen molar-refractivity contribution in [1.29, 1.82) is 0 Å². The molecule has 0 saturated carbocycles. The number of halogens is 1. The molecule has 0 bridgehead atoms. The van der Waals surface area contributed by atoms with Crippen molar-refractivity contribution in [3.63, 3.8) is 0 Å². The molecule has 1 heterocycles. The Morgan fingerprint density at radius 3 is 2.44 bits per heavy atom. The first-order chi connectivity index (χ1) is 8.29. The van der Waals surface area contributed by atoms with Gasteiger partial charge in [-0.05, 0) is 17.5 Å². The minimum absolute atomic E-state index is 0.199. The summed E-state index contributed by atoms with van der Waals surface area (Å²) in [7, 11) is 0. The molecule has 5 heteroatoms. The van der Waals surface area contributed by atoms with Crippen LogP contribution in [0.4, 0.5) is 5.82 Å². The molecule has 0 spiro atoms. The first-order valence-electron chi connectivity index (χ1n) is 5.63. The zero-order chi connectivity index (χ0) is 13.5. The number of H-pyrrole nitrogens is 1. The minimum atomic E-state index is -0.199. The van der Waals surface area contributed by atoms with E-state index < -0.39 is 0 Å². The molecule has 0 aliphatic carbocycles. The number of hydrogen-bond acceptors (Lipinski definition) is 3. The number of nitrogen functional groups attached to an aromatic ring is 1. The van der Waals surface area contributed by atoms with Crippen LogP contribution in [0.1, 0.15) is 26.3 Å². The second-order valence-corrected chi connectivity index (χ2v) is 5.74. The third kappa shape index (κ3) is 2.29. The molecule has 1 aromatic carbocycles. The smallest absolute Gasteiger partial charge is 0.145 e. The lowest BCUT2D eigenvalue weighted by atomic mass is 9.85. The molecule has 1 aromatic heterocycles. The van der Waals surface area contributed by atoms with Gasteiger partial charge in [0.1, 0.15) is 11.6 Å². The van der Waals surface area contributed by atoms with Crippen molar-refractivity contribution in [1.82, 2.24) is 10.2 Å². The zero-order valence-electron chi connectivity index (χ0n) is 10.6. The molecule has 0 amide bonds. The zero-order valence-corrected chi connectivity index (χ0v) is 11.3. The van der Waals surface area contributed by atoms with Crippen molar-refractivity contribution in [3.8, 4) is 17.0 Å². The summed E-state index contributed by atoms with van der Waals surface area (Å²) in [4.78, 5) is 0. The van der Waals surface area contributed by atoms with E-state index in [1.165, 1.54) is 0 Å². The Morgan fingerprint density at radius 2 is 1.94 bits per heavy atom. The summed E-state index contributed by atoms with van der Waals surface area (Å²) in [6.07, 6.45) is 0. The Morgan fingerprint density at radius 1 is 1.28 bits per heavy atom. The summed E-state index contributed by atoms with van der Waals surface area (Å²) >= 11 is 6.11. The molecule has 0 atom stereocenters. The minimum Gasteiger partial charge on any atom is -0.507 e. The molecular weight excluding hydrogens is 250 g/mol. The molecule has 4 nitrogen and oxygen atoms in total. The van der Waals surface area contributed by atoms with E-state index in [2.05, 4.69) is 10.2 Å². The Hall–Kier alpha value is -1.68. The van der Waals surface area contributed by atoms with Crippen LogP contribution in [0.15, 0.2) is 18.2 Å². The second-order valence-electron chi connectivity index (χ2n) is 5.31. The van der Waals surface area contributed by atoms with Gasteiger partial charge in [0, 0.05) is 22.2 Å². The number of aromatic amines is 1. The number of anilines is 1. The number of phenolic OH excluding ortho intramolecular Hbond substituents is 1. The summed E-state index contributed by atoms with van der Waals surface area (Å²) in [5, 5.41) is 17.6. The van der Waals surface area contributed by atoms with Crippen LogP contribution in [0.5, 0.6) is 5.75 Å². The molecule has 0 aliphatic rings. The van der Waals surface area contributed by atoms with Gasteiger partial charge in [0.2, 0.25) is 0 Å². The number of hydrogen-bond donors (Lipinski definition) is 3. The van der Waals surface area contributed by atoms with Crippen LogP contribution in [-0.4, -0.2) is 15.3 Å². The van der Waals surface area contributed by atoms with Gasteiger partial charge in [-0.2, -0.15) is 5.10 Å². The number of aromatic nitrogens is 2. The molecule has 96 valence electrons. The predicted molar refractivity (Wildman–Crippen MR) is 73.8 cm³/mol. The molecule has 4 N–H and O–H groups in total. The first-order valence-corrected chi connectivity index (χ1v) is 6.01. The monoisotopic (exact) mass is 265 g/mol. The lowest BCUT2D eigenvalue weighted by Gasteiger charge is -2.22. The maximum absolute atomic E-state index is 10.4. The van der Waals surface area contributed by atoms with E-state index in [-0.39, 0.29) is 11.2 Å². The molecule has 0 aliphatic heterocycles. The van der Waals surface area contributed by atoms with Crippen LogP contribution in [0.2, 0.25) is 5.02 Å². The first kappa shape index (κ1) is 12.8. The predicted octanol–water partition coefficient (Wildman–Crippen LogP) is 3.32. The lowest BCUT2D eigenvalue weighted by molar-refractivity contribution is 0.448. The largest absolute Gasteiger partial charge is 0.507 e. The number of nitrogens with zero attached hydrogens (tertiary/aromatic N) is 1. The van der Waals surface area contributed by atoms with Crippen LogP contribution >= 0.6 is 11.6 Å². The fourth-order valence-electron chi connectivity index (χ4n) is 1.85. The number of rotatable bonds is 1. The summed E-state index contributed by atoms with van der Waals surface area (Å²) in [6.45, 7) is 6.05. The van der Waals surface area contributed by atoms with E-state index in [0.29, 0.717) is 22.1 Å². The number of aromatic hydroxyl groups is 1. The Balaban J connectivity index is 2.66. The summed E-state index contributed by atoms with van der Waals surface area (Å²) in [5.41, 5.74) is 7.42. The number of benzene rings is 1. The highest BCUT2D eigenvalue weighted by molar-refractivity contribution is 6.31. The summed E-state index contributed by atoms with van der Waals surface area (Å²) in [5.74, 6) is 0.581. The van der Waals surface area contributed by atoms with Gasteiger partial charge in [-0.25, -0.2) is 0 Å². The van der Waals surface area contributed by atoms with Crippen molar-refractivity contribution >= 4 is 17.4 Å². The van der Waals surface area contributed by atoms with E-state index in [1.807, 2.05) is 20.8 Å². The van der Waals surface area contributed by atoms with Crippen LogP contribution in [0.3, 0.4) is 0 Å². The number of nitrogens with two attached hydrogens (primary N) is 1. The van der Waals surface area contributed by atoms with Crippen molar-refractivity contribution < 1.29 is 5.11 Å². The highest BCUT2D eigenvalue weighted by Gasteiger charge is 2.22. The standard InChI is InChI=1S/C13H16ClN3O/c1-13(2,3)9-5-7(14)4-8(12(9)18)10-6-11(15)17-16-10/h4-6,18H,1-3H3,(H3,15,16,17). The molecule has 0 unspecified atom stereocenters. The van der Waals surface area contributed by atoms with Gasteiger partial charge in [0.15, 0.2) is 0 Å². The molecule has 2 rings (SSSR count). The lowest BCUT2D eigenvalue weighted by Crippen LogP contribution is -2.11. The fourth-order valence-corrected chi connectivity index (χ4v) is 2.07. The quantitative estimate of drug-likeness (QED) is 0.740. The van der Waals surface area contributed by atoms with Crippen LogP contribution in [0.25, 0.3) is 11.3 Å². The molecule has 18 heavy (non-hydrogen) atoms. The van der Waals surface area contributed by atoms with Crippen molar-refractivity contribution in [3.05, 3.63) is 28.8 Å². The SMILES string of the molecule is CC(C)(C)c1cc(Cl)cc(-c2cc(N)n[nH]2)c1O. The number of phenols is 1. The maximum Gasteiger partial charge on any atom is 0.145 e. The van der Waals surface area contributed by atoms with Crippen molar-refractivity contribution in [2.75, 3.05) is 5.73 Å². The van der Waals surface area contributed by atoms with Gasteiger partial charge < -0.3 is 10.8 Å². The van der Waals surface area contributed by atoms with E-state index >= 15 is 0 Å². The van der Waals surface area contributed by atoms with E-state index in [9.17, 15) is 5.11 Å². The average Bonchev–Trinajstić information content (AvgIpc) is 2.66. The Bertz CT molecular complexity index is 584. The Labute approximate surface area is 111 Å². The molecule has 0 fully saturated rings. The third-order valence-corrected chi connectivity index (χ3v) is 2.99. The van der Waals surface area contributed by atoms with Gasteiger partial charge in [-0.1, -0.05) is 32.4 Å². The van der Waals surface area contributed by atoms with Crippen molar-refractivity contribution in [2.45, 2.75) is 26.2 Å². The van der Waals surface area contributed by atoms with Crippen LogP contribution in [0, 0.1) is 0 Å². The second kappa shape index (κ2) is 4.21. The highest BCUT2D eigenvalue weighted by Crippen LogP contribution is 2.40. The van der Waals surface area contributed by atoms with Gasteiger partial charge in [0.25, 0.3) is 0 Å². The number of nitrogens with one attached hydrogen (secondary N) is 1. The van der Waals surface area contributed by atoms with Gasteiger partial charge in [-0.3, -0.25) is 5.10 Å². The highest BCUT2D eigenvalue weighted by atomic mass is 35.5. The summed E-state index contributed by atoms with van der Waals surface area (Å²) in [6, 6.07) is 5.14. The summed E-state index contributed by atoms with van der Waals surface area (Å²) < 4.78 is 0.